The van der Waals surface area contributed by atoms with Crippen LogP contribution in [0.25, 0.3) is 0 Å². The van der Waals surface area contributed by atoms with Crippen molar-refractivity contribution in [1.82, 2.24) is 10.6 Å². The van der Waals surface area contributed by atoms with Gasteiger partial charge in [0.05, 0.1) is 0 Å². The van der Waals surface area contributed by atoms with Gasteiger partial charge >= 0.3 is 0 Å². The van der Waals surface area contributed by atoms with Crippen LogP contribution < -0.4 is 10.6 Å². The highest BCUT2D eigenvalue weighted by Crippen LogP contribution is 2.09. The Morgan fingerprint density at radius 1 is 1.29 bits per heavy atom. The largest absolute Gasteiger partial charge is 0.352 e. The predicted octanol–water partition coefficient (Wildman–Crippen LogP) is 1.67. The molecule has 0 saturated carbocycles. The number of aryl methyl sites for hydroxylation is 2. The zero-order valence-electron chi connectivity index (χ0n) is 10.2. The van der Waals surface area contributed by atoms with E-state index in [4.69, 9.17) is 0 Å². The molecule has 0 bridgehead atoms. The lowest BCUT2D eigenvalue weighted by Crippen LogP contribution is -2.48. The Balaban J connectivity index is 0.00000144. The van der Waals surface area contributed by atoms with Crippen molar-refractivity contribution in [2.24, 2.45) is 5.92 Å². The van der Waals surface area contributed by atoms with Gasteiger partial charge in [0.15, 0.2) is 0 Å². The van der Waals surface area contributed by atoms with Crippen molar-refractivity contribution in [2.75, 3.05) is 19.6 Å². The lowest BCUT2D eigenvalue weighted by molar-refractivity contribution is 0.0942. The maximum Gasteiger partial charge on any atom is 0.251 e. The molecule has 1 heterocycles. The summed E-state index contributed by atoms with van der Waals surface area (Å²) in [6, 6.07) is 5.94. The van der Waals surface area contributed by atoms with Crippen molar-refractivity contribution >= 4 is 18.3 Å². The molecule has 3 nitrogen and oxygen atoms in total. The van der Waals surface area contributed by atoms with Gasteiger partial charge in [-0.1, -0.05) is 17.2 Å². The van der Waals surface area contributed by atoms with Crippen molar-refractivity contribution in [3.8, 4) is 0 Å². The van der Waals surface area contributed by atoms with Gasteiger partial charge in [-0.25, -0.2) is 0 Å². The van der Waals surface area contributed by atoms with Crippen molar-refractivity contribution in [3.05, 3.63) is 34.9 Å². The number of rotatable bonds is 3. The fourth-order valence-corrected chi connectivity index (χ4v) is 1.94. The molecule has 4 heteroatoms. The Labute approximate surface area is 108 Å². The molecule has 1 saturated heterocycles. The van der Waals surface area contributed by atoms with Crippen molar-refractivity contribution < 1.29 is 4.79 Å². The maximum atomic E-state index is 11.9. The van der Waals surface area contributed by atoms with E-state index in [-0.39, 0.29) is 18.3 Å². The zero-order valence-corrected chi connectivity index (χ0v) is 11.1. The third kappa shape index (κ3) is 3.72. The van der Waals surface area contributed by atoms with Gasteiger partial charge in [-0.15, -0.1) is 12.4 Å². The number of hydrogen-bond donors (Lipinski definition) is 2. The predicted molar refractivity (Wildman–Crippen MR) is 71.9 cm³/mol. The molecule has 0 atom stereocenters. The second-order valence-electron chi connectivity index (χ2n) is 4.61. The molecule has 1 amide bonds. The number of carbonyl (C=O) groups excluding carboxylic acids is 1. The first kappa shape index (κ1) is 14.0. The van der Waals surface area contributed by atoms with Crippen LogP contribution in [-0.4, -0.2) is 25.5 Å². The standard InChI is InChI=1S/C13H18N2O.ClH/c1-9-3-10(2)5-12(4-9)13(16)15-8-11-6-14-7-11;/h3-5,11,14H,6-8H2,1-2H3,(H,15,16);1H. The van der Waals surface area contributed by atoms with E-state index in [1.807, 2.05) is 26.0 Å². The van der Waals surface area contributed by atoms with E-state index in [2.05, 4.69) is 16.7 Å². The minimum absolute atomic E-state index is 0. The molecule has 17 heavy (non-hydrogen) atoms. The summed E-state index contributed by atoms with van der Waals surface area (Å²) in [5.41, 5.74) is 3.04. The lowest BCUT2D eigenvalue weighted by Gasteiger charge is -2.27. The monoisotopic (exact) mass is 254 g/mol. The second-order valence-corrected chi connectivity index (χ2v) is 4.61. The molecule has 1 aromatic carbocycles. The molecule has 0 radical (unpaired) electrons. The Morgan fingerprint density at radius 2 is 1.88 bits per heavy atom. The zero-order chi connectivity index (χ0) is 11.5. The number of nitrogens with one attached hydrogen (secondary N) is 2. The summed E-state index contributed by atoms with van der Waals surface area (Å²) in [4.78, 5) is 11.9. The van der Waals surface area contributed by atoms with E-state index in [0.29, 0.717) is 5.92 Å². The van der Waals surface area contributed by atoms with Gasteiger partial charge in [0.25, 0.3) is 5.91 Å². The summed E-state index contributed by atoms with van der Waals surface area (Å²) in [5.74, 6) is 0.647. The number of halogens is 1. The number of hydrogen-bond acceptors (Lipinski definition) is 2. The normalized spacial score (nSPS) is 14.7. The van der Waals surface area contributed by atoms with Gasteiger partial charge in [-0.05, 0) is 26.0 Å². The van der Waals surface area contributed by atoms with Gasteiger partial charge in [0.1, 0.15) is 0 Å². The smallest absolute Gasteiger partial charge is 0.251 e. The summed E-state index contributed by atoms with van der Waals surface area (Å²) < 4.78 is 0. The van der Waals surface area contributed by atoms with E-state index in [9.17, 15) is 4.79 Å². The van der Waals surface area contributed by atoms with Crippen LogP contribution in [0, 0.1) is 19.8 Å². The SMILES string of the molecule is Cc1cc(C)cc(C(=O)NCC2CNC2)c1.Cl. The maximum absolute atomic E-state index is 11.9. The first-order chi connectivity index (χ1) is 7.65. The molecule has 2 rings (SSSR count). The molecule has 1 aromatic rings. The Bertz CT molecular complexity index is 382. The highest BCUT2D eigenvalue weighted by molar-refractivity contribution is 5.94. The summed E-state index contributed by atoms with van der Waals surface area (Å²) >= 11 is 0. The van der Waals surface area contributed by atoms with E-state index in [0.717, 1.165) is 36.3 Å². The van der Waals surface area contributed by atoms with Crippen LogP contribution in [0.1, 0.15) is 21.5 Å². The van der Waals surface area contributed by atoms with Crippen LogP contribution in [0.3, 0.4) is 0 Å². The van der Waals surface area contributed by atoms with E-state index in [1.54, 1.807) is 0 Å². The van der Waals surface area contributed by atoms with Crippen LogP contribution in [0.2, 0.25) is 0 Å². The summed E-state index contributed by atoms with van der Waals surface area (Å²) in [5, 5.41) is 6.17. The molecule has 1 fully saturated rings. The number of amides is 1. The molecule has 2 N–H and O–H groups in total. The average molecular weight is 255 g/mol. The van der Waals surface area contributed by atoms with Crippen LogP contribution >= 0.6 is 12.4 Å². The van der Waals surface area contributed by atoms with Gasteiger partial charge in [0.2, 0.25) is 0 Å². The van der Waals surface area contributed by atoms with Crippen molar-refractivity contribution in [1.29, 1.82) is 0 Å². The van der Waals surface area contributed by atoms with Crippen LogP contribution in [0.5, 0.6) is 0 Å². The van der Waals surface area contributed by atoms with Gasteiger partial charge in [-0.2, -0.15) is 0 Å². The van der Waals surface area contributed by atoms with Crippen LogP contribution in [0.15, 0.2) is 18.2 Å². The van der Waals surface area contributed by atoms with E-state index in [1.165, 1.54) is 0 Å². The highest BCUT2D eigenvalue weighted by Gasteiger charge is 2.17. The molecular formula is C13H19ClN2O. The molecule has 1 aliphatic heterocycles. The Morgan fingerprint density at radius 3 is 2.35 bits per heavy atom. The first-order valence-corrected chi connectivity index (χ1v) is 5.72. The third-order valence-electron chi connectivity index (χ3n) is 2.90. The molecule has 0 aliphatic carbocycles. The second kappa shape index (κ2) is 6.03. The minimum Gasteiger partial charge on any atom is -0.352 e. The fraction of sp³-hybridized carbons (Fsp3) is 0.462. The molecule has 0 aromatic heterocycles. The Hall–Kier alpha value is -1.06. The summed E-state index contributed by atoms with van der Waals surface area (Å²) in [6.07, 6.45) is 0. The van der Waals surface area contributed by atoms with Crippen molar-refractivity contribution in [2.45, 2.75) is 13.8 Å². The molecule has 0 spiro atoms. The topological polar surface area (TPSA) is 41.1 Å². The number of benzene rings is 1. The third-order valence-corrected chi connectivity index (χ3v) is 2.90. The fourth-order valence-electron chi connectivity index (χ4n) is 1.94. The molecule has 0 unspecified atom stereocenters. The van der Waals surface area contributed by atoms with Crippen LogP contribution in [0.4, 0.5) is 0 Å². The quantitative estimate of drug-likeness (QED) is 0.862. The minimum atomic E-state index is 0. The highest BCUT2D eigenvalue weighted by atomic mass is 35.5. The first-order valence-electron chi connectivity index (χ1n) is 5.72. The van der Waals surface area contributed by atoms with Gasteiger partial charge < -0.3 is 10.6 Å². The summed E-state index contributed by atoms with van der Waals surface area (Å²) in [6.45, 7) is 6.85. The van der Waals surface area contributed by atoms with Gasteiger partial charge in [0, 0.05) is 31.1 Å². The van der Waals surface area contributed by atoms with E-state index >= 15 is 0 Å². The van der Waals surface area contributed by atoms with E-state index < -0.39 is 0 Å². The van der Waals surface area contributed by atoms with Crippen molar-refractivity contribution in [3.63, 3.8) is 0 Å². The summed E-state index contributed by atoms with van der Waals surface area (Å²) in [7, 11) is 0. The molecular weight excluding hydrogens is 236 g/mol. The molecule has 94 valence electrons. The van der Waals surface area contributed by atoms with Gasteiger partial charge in [-0.3, -0.25) is 4.79 Å². The average Bonchev–Trinajstić information content (AvgIpc) is 2.13. The Kier molecular flexibility index (Phi) is 4.97. The lowest BCUT2D eigenvalue weighted by atomic mass is 10.0. The van der Waals surface area contributed by atoms with Crippen LogP contribution in [-0.2, 0) is 0 Å². The number of carbonyl (C=O) groups is 1. The molecule has 1 aliphatic rings.